The number of aliphatic hydroxyl groups is 3. The summed E-state index contributed by atoms with van der Waals surface area (Å²) in [5, 5.41) is 39.9. The van der Waals surface area contributed by atoms with Gasteiger partial charge in [-0.2, -0.15) is 0 Å². The normalized spacial score (nSPS) is 16.1. The third kappa shape index (κ3) is 2.87. The van der Waals surface area contributed by atoms with Crippen LogP contribution in [0.1, 0.15) is 66.1 Å². The fraction of sp³-hybridized carbons (Fsp3) is 0.462. The van der Waals surface area contributed by atoms with Gasteiger partial charge in [-0.3, -0.25) is 0 Å². The SMILES string of the molecule is CC(O)c1cc(C(=O)[O-])cc(C(C)O)c1C(C)O. The molecule has 5 nitrogen and oxygen atoms in total. The Labute approximate surface area is 105 Å². The van der Waals surface area contributed by atoms with E-state index in [4.69, 9.17) is 0 Å². The minimum Gasteiger partial charge on any atom is -0.545 e. The summed E-state index contributed by atoms with van der Waals surface area (Å²) >= 11 is 0. The molecule has 0 aliphatic carbocycles. The zero-order chi connectivity index (χ0) is 14.0. The molecule has 1 aromatic carbocycles. The lowest BCUT2D eigenvalue weighted by Crippen LogP contribution is -2.23. The highest BCUT2D eigenvalue weighted by Crippen LogP contribution is 2.32. The molecule has 3 unspecified atom stereocenters. The van der Waals surface area contributed by atoms with E-state index >= 15 is 0 Å². The van der Waals surface area contributed by atoms with Crippen molar-refractivity contribution in [2.24, 2.45) is 0 Å². The maximum Gasteiger partial charge on any atom is 0.0769 e. The molecule has 0 aromatic heterocycles. The van der Waals surface area contributed by atoms with Gasteiger partial charge in [0, 0.05) is 0 Å². The molecule has 5 heteroatoms. The summed E-state index contributed by atoms with van der Waals surface area (Å²) in [6, 6.07) is 2.52. The Kier molecular flexibility index (Phi) is 4.45. The van der Waals surface area contributed by atoms with Crippen LogP contribution in [0.5, 0.6) is 0 Å². The Morgan fingerprint density at radius 1 is 1.00 bits per heavy atom. The maximum absolute atomic E-state index is 10.9. The number of rotatable bonds is 4. The van der Waals surface area contributed by atoms with Gasteiger partial charge in [-0.25, -0.2) is 0 Å². The van der Waals surface area contributed by atoms with Crippen LogP contribution in [-0.4, -0.2) is 21.3 Å². The lowest BCUT2D eigenvalue weighted by molar-refractivity contribution is -0.255. The lowest BCUT2D eigenvalue weighted by Gasteiger charge is -2.22. The molecule has 0 spiro atoms. The number of benzene rings is 1. The second-order valence-electron chi connectivity index (χ2n) is 4.38. The smallest absolute Gasteiger partial charge is 0.0769 e. The van der Waals surface area contributed by atoms with Crippen molar-refractivity contribution in [2.45, 2.75) is 39.1 Å². The van der Waals surface area contributed by atoms with E-state index in [0.717, 1.165) is 0 Å². The Balaban J connectivity index is 3.60. The van der Waals surface area contributed by atoms with Crippen LogP contribution in [0.25, 0.3) is 0 Å². The first-order valence-electron chi connectivity index (χ1n) is 5.69. The fourth-order valence-corrected chi connectivity index (χ4v) is 1.99. The van der Waals surface area contributed by atoms with Gasteiger partial charge in [0.15, 0.2) is 0 Å². The molecule has 0 aliphatic rings. The second-order valence-corrected chi connectivity index (χ2v) is 4.38. The molecule has 0 amide bonds. The molecule has 100 valence electrons. The predicted molar refractivity (Wildman–Crippen MR) is 62.7 cm³/mol. The molecule has 3 N–H and O–H groups in total. The predicted octanol–water partition coefficient (Wildman–Crippen LogP) is 0.210. The Bertz CT molecular complexity index is 420. The summed E-state index contributed by atoms with van der Waals surface area (Å²) in [7, 11) is 0. The van der Waals surface area contributed by atoms with Gasteiger partial charge in [-0.1, -0.05) is 0 Å². The van der Waals surface area contributed by atoms with Crippen molar-refractivity contribution in [3.63, 3.8) is 0 Å². The molecule has 0 saturated heterocycles. The van der Waals surface area contributed by atoms with E-state index in [1.165, 1.54) is 32.9 Å². The van der Waals surface area contributed by atoms with E-state index in [-0.39, 0.29) is 16.7 Å². The van der Waals surface area contributed by atoms with E-state index < -0.39 is 24.3 Å². The highest BCUT2D eigenvalue weighted by atomic mass is 16.4. The molecule has 0 radical (unpaired) electrons. The summed E-state index contributed by atoms with van der Waals surface area (Å²) < 4.78 is 0. The molecule has 3 atom stereocenters. The average Bonchev–Trinajstić information content (AvgIpc) is 2.26. The van der Waals surface area contributed by atoms with Gasteiger partial charge in [-0.15, -0.1) is 0 Å². The van der Waals surface area contributed by atoms with Crippen molar-refractivity contribution < 1.29 is 25.2 Å². The van der Waals surface area contributed by atoms with Gasteiger partial charge >= 0.3 is 0 Å². The van der Waals surface area contributed by atoms with Crippen molar-refractivity contribution in [3.8, 4) is 0 Å². The summed E-state index contributed by atoms with van der Waals surface area (Å²) in [6.07, 6.45) is -2.83. The zero-order valence-electron chi connectivity index (χ0n) is 10.5. The second kappa shape index (κ2) is 5.48. The van der Waals surface area contributed by atoms with E-state index in [9.17, 15) is 25.2 Å². The van der Waals surface area contributed by atoms with Crippen molar-refractivity contribution >= 4 is 5.97 Å². The largest absolute Gasteiger partial charge is 0.545 e. The summed E-state index contributed by atoms with van der Waals surface area (Å²) in [4.78, 5) is 10.9. The molecule has 0 fully saturated rings. The summed E-state index contributed by atoms with van der Waals surface area (Å²) in [5.74, 6) is -1.39. The molecule has 1 rings (SSSR count). The van der Waals surface area contributed by atoms with Crippen LogP contribution in [0.4, 0.5) is 0 Å². The molecule has 18 heavy (non-hydrogen) atoms. The van der Waals surface area contributed by atoms with Crippen LogP contribution >= 0.6 is 0 Å². The number of carboxylic acids is 1. The minimum absolute atomic E-state index is 0.133. The third-order valence-corrected chi connectivity index (χ3v) is 2.80. The number of aromatic carboxylic acids is 1. The van der Waals surface area contributed by atoms with E-state index in [1.807, 2.05) is 0 Å². The molecule has 0 bridgehead atoms. The Morgan fingerprint density at radius 2 is 1.39 bits per heavy atom. The van der Waals surface area contributed by atoms with Gasteiger partial charge in [0.1, 0.15) is 0 Å². The third-order valence-electron chi connectivity index (χ3n) is 2.80. The first kappa shape index (κ1) is 14.6. The Morgan fingerprint density at radius 3 is 1.61 bits per heavy atom. The number of hydrogen-bond donors (Lipinski definition) is 3. The van der Waals surface area contributed by atoms with Crippen LogP contribution < -0.4 is 5.11 Å². The van der Waals surface area contributed by atoms with E-state index in [2.05, 4.69) is 0 Å². The number of carboxylic acid groups (broad SMARTS) is 1. The average molecular weight is 253 g/mol. The monoisotopic (exact) mass is 253 g/mol. The number of hydrogen-bond acceptors (Lipinski definition) is 5. The van der Waals surface area contributed by atoms with Gasteiger partial charge in [0.2, 0.25) is 0 Å². The highest BCUT2D eigenvalue weighted by molar-refractivity contribution is 5.86. The van der Waals surface area contributed by atoms with Crippen LogP contribution in [-0.2, 0) is 0 Å². The van der Waals surface area contributed by atoms with Crippen LogP contribution in [0.15, 0.2) is 12.1 Å². The lowest BCUT2D eigenvalue weighted by atomic mass is 9.89. The Hall–Kier alpha value is -1.43. The fourth-order valence-electron chi connectivity index (χ4n) is 1.99. The van der Waals surface area contributed by atoms with E-state index in [0.29, 0.717) is 5.56 Å². The maximum atomic E-state index is 10.9. The van der Waals surface area contributed by atoms with Crippen LogP contribution in [0, 0.1) is 0 Å². The van der Waals surface area contributed by atoms with Gasteiger partial charge in [-0.05, 0) is 55.2 Å². The topological polar surface area (TPSA) is 101 Å². The van der Waals surface area contributed by atoms with Crippen molar-refractivity contribution in [2.75, 3.05) is 0 Å². The standard InChI is InChI=1S/C13H18O5/c1-6(14)10-4-9(13(17)18)5-11(7(2)15)12(10)8(3)16/h4-8,14-16H,1-3H3,(H,17,18)/p-1. The summed E-state index contributed by atoms with van der Waals surface area (Å²) in [6.45, 7) is 4.42. The molecular formula is C13H17O5-. The number of carbonyl (C=O) groups excluding carboxylic acids is 1. The molecule has 0 heterocycles. The van der Waals surface area contributed by atoms with Gasteiger partial charge in [0.25, 0.3) is 0 Å². The van der Waals surface area contributed by atoms with Crippen molar-refractivity contribution in [3.05, 3.63) is 34.4 Å². The molecule has 1 aromatic rings. The van der Waals surface area contributed by atoms with Crippen LogP contribution in [0.2, 0.25) is 0 Å². The zero-order valence-corrected chi connectivity index (χ0v) is 10.5. The molecular weight excluding hydrogens is 236 g/mol. The number of carbonyl (C=O) groups is 1. The first-order chi connectivity index (χ1) is 8.25. The van der Waals surface area contributed by atoms with Gasteiger partial charge in [0.05, 0.1) is 24.3 Å². The first-order valence-corrected chi connectivity index (χ1v) is 5.69. The molecule has 0 aliphatic heterocycles. The van der Waals surface area contributed by atoms with Crippen molar-refractivity contribution in [1.29, 1.82) is 0 Å². The van der Waals surface area contributed by atoms with Crippen LogP contribution in [0.3, 0.4) is 0 Å². The van der Waals surface area contributed by atoms with Crippen molar-refractivity contribution in [1.82, 2.24) is 0 Å². The summed E-state index contributed by atoms with van der Waals surface area (Å²) in [5.41, 5.74) is 0.779. The van der Waals surface area contributed by atoms with E-state index in [1.54, 1.807) is 0 Å². The minimum atomic E-state index is -1.39. The van der Waals surface area contributed by atoms with Gasteiger partial charge < -0.3 is 25.2 Å². The number of aliphatic hydroxyl groups excluding tert-OH is 3. The molecule has 0 saturated carbocycles. The quantitative estimate of drug-likeness (QED) is 0.712. The highest BCUT2D eigenvalue weighted by Gasteiger charge is 2.20.